The lowest BCUT2D eigenvalue weighted by molar-refractivity contribution is -0.120. The molecule has 7 nitrogen and oxygen atoms in total. The molecule has 0 spiro atoms. The Bertz CT molecular complexity index is 760. The van der Waals surface area contributed by atoms with Gasteiger partial charge < -0.3 is 10.3 Å². The second kappa shape index (κ2) is 8.35. The van der Waals surface area contributed by atoms with E-state index < -0.39 is 17.2 Å². The number of nitrogens with one attached hydrogen (secondary N) is 1. The molecule has 0 bridgehead atoms. The Hall–Kier alpha value is -2.06. The number of hydrogen-bond donors (Lipinski definition) is 2. The van der Waals surface area contributed by atoms with Gasteiger partial charge in [-0.05, 0) is 37.1 Å². The molecule has 3 amide bonds. The van der Waals surface area contributed by atoms with Crippen LogP contribution in [0.3, 0.4) is 0 Å². The van der Waals surface area contributed by atoms with Gasteiger partial charge in [-0.1, -0.05) is 37.2 Å². The molecule has 1 heterocycles. The Balaban J connectivity index is 2.31. The van der Waals surface area contributed by atoms with E-state index in [9.17, 15) is 9.59 Å². The Labute approximate surface area is 155 Å². The maximum absolute atomic E-state index is 12.2. The zero-order valence-corrected chi connectivity index (χ0v) is 15.8. The lowest BCUT2D eigenvalue weighted by Crippen LogP contribution is -2.42. The lowest BCUT2D eigenvalue weighted by Gasteiger charge is -2.18. The van der Waals surface area contributed by atoms with Crippen molar-refractivity contribution in [1.82, 2.24) is 20.1 Å². The fourth-order valence-electron chi connectivity index (χ4n) is 2.27. The van der Waals surface area contributed by atoms with Gasteiger partial charge in [0, 0.05) is 17.1 Å². The summed E-state index contributed by atoms with van der Waals surface area (Å²) in [5.41, 5.74) is 5.93. The smallest absolute Gasteiger partial charge is 0.318 e. The summed E-state index contributed by atoms with van der Waals surface area (Å²) >= 11 is 7.19. The van der Waals surface area contributed by atoms with E-state index in [1.54, 1.807) is 12.1 Å². The number of nitrogens with zero attached hydrogens (tertiary/aromatic N) is 3. The largest absolute Gasteiger partial charge is 0.351 e. The zero-order chi connectivity index (χ0) is 18.6. The molecule has 134 valence electrons. The minimum atomic E-state index is -0.866. The number of imide groups is 1. The van der Waals surface area contributed by atoms with Gasteiger partial charge in [0.25, 0.3) is 0 Å². The van der Waals surface area contributed by atoms with Crippen molar-refractivity contribution in [3.8, 4) is 11.4 Å². The van der Waals surface area contributed by atoms with E-state index in [0.717, 1.165) is 5.56 Å². The van der Waals surface area contributed by atoms with Gasteiger partial charge in [-0.2, -0.15) is 0 Å². The molecule has 1 atom stereocenters. The number of thioether (sulfide) groups is 1. The minimum absolute atomic E-state index is 0.0228. The van der Waals surface area contributed by atoms with Crippen LogP contribution >= 0.6 is 23.4 Å². The highest BCUT2D eigenvalue weighted by Crippen LogP contribution is 2.30. The van der Waals surface area contributed by atoms with Crippen molar-refractivity contribution in [2.24, 2.45) is 11.7 Å². The lowest BCUT2D eigenvalue weighted by atomic mass is 10.1. The standard InChI is InChI=1S/C16H20ClN5O2S/c1-4-22-13(10-5-7-11(17)8-6-10)20-21-16(22)25-12(9(2)3)14(23)19-15(18)24/h5-9,12H,4H2,1-3H3,(H3,18,19,23,24)/t12-/m1/s1. The number of primary amides is 1. The predicted molar refractivity (Wildman–Crippen MR) is 98.4 cm³/mol. The first-order valence-electron chi connectivity index (χ1n) is 7.79. The molecular weight excluding hydrogens is 362 g/mol. The average molecular weight is 382 g/mol. The van der Waals surface area contributed by atoms with Gasteiger partial charge >= 0.3 is 6.03 Å². The highest BCUT2D eigenvalue weighted by molar-refractivity contribution is 8.00. The summed E-state index contributed by atoms with van der Waals surface area (Å²) in [5.74, 6) is 0.232. The van der Waals surface area contributed by atoms with Crippen LogP contribution in [0.15, 0.2) is 29.4 Å². The molecule has 0 aliphatic carbocycles. The molecular formula is C16H20ClN5O2S. The Morgan fingerprint density at radius 2 is 1.92 bits per heavy atom. The number of rotatable bonds is 6. The number of halogens is 1. The van der Waals surface area contributed by atoms with Crippen LogP contribution in [0.4, 0.5) is 4.79 Å². The average Bonchev–Trinajstić information content (AvgIpc) is 2.94. The first-order chi connectivity index (χ1) is 11.8. The van der Waals surface area contributed by atoms with Crippen molar-refractivity contribution < 1.29 is 9.59 Å². The molecule has 2 aromatic rings. The van der Waals surface area contributed by atoms with Crippen LogP contribution < -0.4 is 11.1 Å². The van der Waals surface area contributed by atoms with E-state index in [1.165, 1.54) is 11.8 Å². The molecule has 1 aromatic heterocycles. The van der Waals surface area contributed by atoms with Crippen LogP contribution in [-0.2, 0) is 11.3 Å². The van der Waals surface area contributed by atoms with Gasteiger partial charge in [0.2, 0.25) is 5.91 Å². The number of benzene rings is 1. The predicted octanol–water partition coefficient (Wildman–Crippen LogP) is 2.93. The number of hydrogen-bond acceptors (Lipinski definition) is 5. The first-order valence-corrected chi connectivity index (χ1v) is 9.05. The highest BCUT2D eigenvalue weighted by Gasteiger charge is 2.27. The topological polar surface area (TPSA) is 103 Å². The first kappa shape index (κ1) is 19.3. The fourth-order valence-corrected chi connectivity index (χ4v) is 3.49. The Morgan fingerprint density at radius 1 is 1.28 bits per heavy atom. The molecule has 9 heteroatoms. The van der Waals surface area contributed by atoms with Crippen LogP contribution in [0.1, 0.15) is 20.8 Å². The molecule has 0 saturated carbocycles. The van der Waals surface area contributed by atoms with E-state index >= 15 is 0 Å². The molecule has 0 fully saturated rings. The van der Waals surface area contributed by atoms with Gasteiger partial charge in [0.15, 0.2) is 11.0 Å². The third kappa shape index (κ3) is 4.73. The maximum atomic E-state index is 12.2. The van der Waals surface area contributed by atoms with E-state index in [1.807, 2.05) is 37.5 Å². The van der Waals surface area contributed by atoms with Crippen LogP contribution in [0.5, 0.6) is 0 Å². The van der Waals surface area contributed by atoms with Gasteiger partial charge in [-0.15, -0.1) is 10.2 Å². The molecule has 1 aromatic carbocycles. The highest BCUT2D eigenvalue weighted by atomic mass is 35.5. The Morgan fingerprint density at radius 3 is 2.44 bits per heavy atom. The van der Waals surface area contributed by atoms with Crippen molar-refractivity contribution in [2.45, 2.75) is 37.7 Å². The number of carbonyl (C=O) groups is 2. The quantitative estimate of drug-likeness (QED) is 0.749. The van der Waals surface area contributed by atoms with Crippen molar-refractivity contribution in [1.29, 1.82) is 0 Å². The van der Waals surface area contributed by atoms with Crippen molar-refractivity contribution >= 4 is 35.3 Å². The number of urea groups is 1. The van der Waals surface area contributed by atoms with Crippen molar-refractivity contribution in [3.63, 3.8) is 0 Å². The van der Waals surface area contributed by atoms with Crippen LogP contribution in [0, 0.1) is 5.92 Å². The molecule has 25 heavy (non-hydrogen) atoms. The molecule has 0 aliphatic heterocycles. The third-order valence-corrected chi connectivity index (χ3v) is 5.26. The molecule has 2 rings (SSSR count). The van der Waals surface area contributed by atoms with Gasteiger partial charge in [0.1, 0.15) is 0 Å². The molecule has 0 aliphatic rings. The van der Waals surface area contributed by atoms with E-state index in [4.69, 9.17) is 17.3 Å². The fraction of sp³-hybridized carbons (Fsp3) is 0.375. The SMILES string of the molecule is CCn1c(S[C@@H](C(=O)NC(N)=O)C(C)C)nnc1-c1ccc(Cl)cc1. The summed E-state index contributed by atoms with van der Waals surface area (Å²) in [4.78, 5) is 23.2. The van der Waals surface area contributed by atoms with Crippen molar-refractivity contribution in [2.75, 3.05) is 0 Å². The van der Waals surface area contributed by atoms with E-state index in [2.05, 4.69) is 15.5 Å². The summed E-state index contributed by atoms with van der Waals surface area (Å²) in [6.45, 7) is 6.40. The summed E-state index contributed by atoms with van der Waals surface area (Å²) in [7, 11) is 0. The number of amides is 3. The zero-order valence-electron chi connectivity index (χ0n) is 14.2. The minimum Gasteiger partial charge on any atom is -0.351 e. The van der Waals surface area contributed by atoms with Crippen LogP contribution in [0.25, 0.3) is 11.4 Å². The third-order valence-electron chi connectivity index (χ3n) is 3.48. The summed E-state index contributed by atoms with van der Waals surface area (Å²) in [6, 6.07) is 6.44. The van der Waals surface area contributed by atoms with E-state index in [0.29, 0.717) is 22.5 Å². The molecule has 0 radical (unpaired) electrons. The van der Waals surface area contributed by atoms with E-state index in [-0.39, 0.29) is 5.92 Å². The monoisotopic (exact) mass is 381 g/mol. The summed E-state index contributed by atoms with van der Waals surface area (Å²) in [6.07, 6.45) is 0. The summed E-state index contributed by atoms with van der Waals surface area (Å²) in [5, 5.41) is 11.3. The Kier molecular flexibility index (Phi) is 6.44. The second-order valence-electron chi connectivity index (χ2n) is 5.69. The maximum Gasteiger partial charge on any atom is 0.318 e. The van der Waals surface area contributed by atoms with Gasteiger partial charge in [-0.25, -0.2) is 4.79 Å². The van der Waals surface area contributed by atoms with Gasteiger partial charge in [0.05, 0.1) is 5.25 Å². The summed E-state index contributed by atoms with van der Waals surface area (Å²) < 4.78 is 1.92. The van der Waals surface area contributed by atoms with Gasteiger partial charge in [-0.3, -0.25) is 10.1 Å². The second-order valence-corrected chi connectivity index (χ2v) is 7.24. The van der Waals surface area contributed by atoms with Crippen LogP contribution in [0.2, 0.25) is 5.02 Å². The molecule has 0 unspecified atom stereocenters. The van der Waals surface area contributed by atoms with Crippen molar-refractivity contribution in [3.05, 3.63) is 29.3 Å². The molecule has 3 N–H and O–H groups in total. The van der Waals surface area contributed by atoms with Crippen LogP contribution in [-0.4, -0.2) is 32.0 Å². The number of nitrogens with two attached hydrogens (primary N) is 1. The normalized spacial score (nSPS) is 12.2. The molecule has 0 saturated heterocycles. The number of aromatic nitrogens is 3. The number of carbonyl (C=O) groups excluding carboxylic acids is 2.